The first-order valence-corrected chi connectivity index (χ1v) is 7.56. The molecule has 26 heavy (non-hydrogen) atoms. The molecule has 0 unspecified atom stereocenters. The number of carbonyl (C=O) groups excluding carboxylic acids is 2. The lowest BCUT2D eigenvalue weighted by molar-refractivity contribution is -0.145. The molecular weight excluding hydrogens is 354 g/mol. The molecule has 1 aliphatic rings. The summed E-state index contributed by atoms with van der Waals surface area (Å²) in [4.78, 5) is 24.9. The van der Waals surface area contributed by atoms with Gasteiger partial charge < -0.3 is 13.7 Å². The first kappa shape index (κ1) is 18.1. The van der Waals surface area contributed by atoms with Crippen molar-refractivity contribution in [1.29, 1.82) is 0 Å². The molecule has 10 heteroatoms. The molecule has 136 valence electrons. The fraction of sp³-hybridized carbons (Fsp3) is 0.250. The molecule has 3 rings (SSSR count). The van der Waals surface area contributed by atoms with E-state index in [-0.39, 0.29) is 29.9 Å². The van der Waals surface area contributed by atoms with Crippen LogP contribution in [0.5, 0.6) is 0 Å². The summed E-state index contributed by atoms with van der Waals surface area (Å²) in [6.07, 6.45) is -3.47. The summed E-state index contributed by atoms with van der Waals surface area (Å²) in [5.74, 6) is -1.36. The maximum Gasteiger partial charge on any atom is 0.639 e. The van der Waals surface area contributed by atoms with Crippen molar-refractivity contribution in [3.63, 3.8) is 0 Å². The normalized spacial score (nSPS) is 16.7. The number of hydrogen-bond acceptors (Lipinski definition) is 6. The minimum absolute atomic E-state index is 0.0841. The van der Waals surface area contributed by atoms with Gasteiger partial charge in [-0.05, 0) is 19.2 Å². The maximum absolute atomic E-state index is 13.1. The van der Waals surface area contributed by atoms with Crippen LogP contribution in [-0.4, -0.2) is 44.1 Å². The van der Waals surface area contributed by atoms with Gasteiger partial charge in [0.25, 0.3) is 0 Å². The summed E-state index contributed by atoms with van der Waals surface area (Å²) >= 11 is 0. The quantitative estimate of drug-likeness (QED) is 0.753. The Morgan fingerprint density at radius 1 is 1.08 bits per heavy atom. The number of nitrogens with zero attached hydrogens (tertiary/aromatic N) is 1. The van der Waals surface area contributed by atoms with Gasteiger partial charge in [-0.1, -0.05) is 18.2 Å². The van der Waals surface area contributed by atoms with Crippen LogP contribution < -0.4 is 5.46 Å². The zero-order valence-corrected chi connectivity index (χ0v) is 13.6. The molecule has 1 aromatic carbocycles. The van der Waals surface area contributed by atoms with Crippen molar-refractivity contribution in [2.45, 2.75) is 6.18 Å². The second-order valence-corrected chi connectivity index (χ2v) is 5.77. The molecule has 0 bridgehead atoms. The first-order valence-electron chi connectivity index (χ1n) is 7.56. The van der Waals surface area contributed by atoms with E-state index in [0.29, 0.717) is 0 Å². The number of alkyl halides is 3. The lowest BCUT2D eigenvalue weighted by Crippen LogP contribution is -2.47. The fourth-order valence-electron chi connectivity index (χ4n) is 2.53. The number of carbonyl (C=O) groups is 2. The van der Waals surface area contributed by atoms with Crippen LogP contribution in [0.4, 0.5) is 13.2 Å². The zero-order chi connectivity index (χ0) is 18.9. The third-order valence-corrected chi connectivity index (χ3v) is 3.66. The van der Waals surface area contributed by atoms with Crippen LogP contribution in [0.25, 0.3) is 11.3 Å². The minimum atomic E-state index is -4.56. The lowest BCUT2D eigenvalue weighted by Gasteiger charge is -2.21. The molecule has 0 aliphatic carbocycles. The van der Waals surface area contributed by atoms with E-state index >= 15 is 0 Å². The average molecular weight is 367 g/mol. The number of furan rings is 1. The Balaban J connectivity index is 1.91. The first-order chi connectivity index (χ1) is 12.2. The Bertz CT molecular complexity index is 815. The summed E-state index contributed by atoms with van der Waals surface area (Å²) in [6, 6.07) is 6.16. The summed E-state index contributed by atoms with van der Waals surface area (Å²) < 4.78 is 54.8. The summed E-state index contributed by atoms with van der Waals surface area (Å²) in [7, 11) is 0.173. The van der Waals surface area contributed by atoms with Crippen LogP contribution in [0.2, 0.25) is 0 Å². The molecule has 1 fully saturated rings. The largest absolute Gasteiger partial charge is 0.639 e. The highest BCUT2D eigenvalue weighted by Gasteiger charge is 2.37. The zero-order valence-electron chi connectivity index (χ0n) is 13.6. The highest BCUT2D eigenvalue weighted by Crippen LogP contribution is 2.36. The number of benzene rings is 1. The highest BCUT2D eigenvalue weighted by atomic mass is 19.4. The molecule has 0 spiro atoms. The molecule has 2 aromatic rings. The Kier molecular flexibility index (Phi) is 4.77. The van der Waals surface area contributed by atoms with Gasteiger partial charge in [0, 0.05) is 5.56 Å². The highest BCUT2D eigenvalue weighted by molar-refractivity contribution is 6.64. The number of likely N-dealkylation sites (N-methyl/N-ethyl adjacent to an activating group) is 1. The van der Waals surface area contributed by atoms with Crippen LogP contribution in [0.1, 0.15) is 5.56 Å². The fourth-order valence-corrected chi connectivity index (χ4v) is 2.53. The second kappa shape index (κ2) is 6.87. The van der Waals surface area contributed by atoms with Gasteiger partial charge in [-0.25, -0.2) is 0 Å². The summed E-state index contributed by atoms with van der Waals surface area (Å²) in [5.41, 5.74) is -0.910. The van der Waals surface area contributed by atoms with Crippen molar-refractivity contribution >= 4 is 24.5 Å². The second-order valence-electron chi connectivity index (χ2n) is 5.77. The molecule has 1 saturated heterocycles. The number of halogens is 3. The van der Waals surface area contributed by atoms with Gasteiger partial charge in [-0.2, -0.15) is 13.2 Å². The monoisotopic (exact) mass is 367 g/mol. The average Bonchev–Trinajstić information content (AvgIpc) is 3.01. The maximum atomic E-state index is 13.1. The lowest BCUT2D eigenvalue weighted by atomic mass is 9.80. The number of hydrogen-bond donors (Lipinski definition) is 0. The van der Waals surface area contributed by atoms with E-state index in [9.17, 15) is 22.8 Å². The van der Waals surface area contributed by atoms with Crippen molar-refractivity contribution in [1.82, 2.24) is 4.90 Å². The minimum Gasteiger partial charge on any atom is -0.494 e. The van der Waals surface area contributed by atoms with Gasteiger partial charge in [0.1, 0.15) is 5.76 Å². The molecule has 6 nitrogen and oxygen atoms in total. The van der Waals surface area contributed by atoms with E-state index in [4.69, 9.17) is 13.7 Å². The van der Waals surface area contributed by atoms with Gasteiger partial charge in [-0.3, -0.25) is 14.5 Å². The van der Waals surface area contributed by atoms with Crippen LogP contribution in [-0.2, 0) is 25.1 Å². The van der Waals surface area contributed by atoms with E-state index in [2.05, 4.69) is 0 Å². The standard InChI is InChI=1S/C16H13BF3NO5/c1-21-7-14(22)25-17(26-15(23)8-21)10-6-13(24-9-10)11-4-2-3-5-12(11)16(18,19)20/h2-6,9H,7-8H2,1H3. The number of rotatable bonds is 2. The van der Waals surface area contributed by atoms with Gasteiger partial charge in [0.15, 0.2) is 0 Å². The van der Waals surface area contributed by atoms with Crippen LogP contribution in [0.15, 0.2) is 41.0 Å². The van der Waals surface area contributed by atoms with E-state index in [1.165, 1.54) is 29.2 Å². The van der Waals surface area contributed by atoms with E-state index in [1.54, 1.807) is 7.05 Å². The van der Waals surface area contributed by atoms with Gasteiger partial charge in [0.05, 0.1) is 30.4 Å². The summed E-state index contributed by atoms with van der Waals surface area (Å²) in [6.45, 7) is -0.236. The van der Waals surface area contributed by atoms with Crippen LogP contribution in [0, 0.1) is 0 Å². The molecule has 1 aromatic heterocycles. The predicted molar refractivity (Wildman–Crippen MR) is 84.2 cm³/mol. The van der Waals surface area contributed by atoms with Crippen molar-refractivity contribution in [3.05, 3.63) is 42.2 Å². The van der Waals surface area contributed by atoms with Gasteiger partial charge in [-0.15, -0.1) is 0 Å². The topological polar surface area (TPSA) is 69.0 Å². The Hall–Kier alpha value is -2.75. The van der Waals surface area contributed by atoms with Crippen molar-refractivity contribution in [2.75, 3.05) is 20.1 Å². The molecule has 0 N–H and O–H groups in total. The van der Waals surface area contributed by atoms with Crippen LogP contribution in [0.3, 0.4) is 0 Å². The SMILES string of the molecule is CN1CC(=O)OB(c2coc(-c3ccccc3C(F)(F)F)c2)OC(=O)C1. The third-order valence-electron chi connectivity index (χ3n) is 3.66. The molecule has 0 radical (unpaired) electrons. The van der Waals surface area contributed by atoms with E-state index < -0.39 is 30.8 Å². The molecule has 0 amide bonds. The molecule has 0 saturated carbocycles. The molecule has 2 heterocycles. The van der Waals surface area contributed by atoms with Gasteiger partial charge in [0.2, 0.25) is 0 Å². The van der Waals surface area contributed by atoms with E-state index in [0.717, 1.165) is 12.3 Å². The molecular formula is C16H13BF3NO5. The smallest absolute Gasteiger partial charge is 0.494 e. The molecule has 1 aliphatic heterocycles. The van der Waals surface area contributed by atoms with Gasteiger partial charge >= 0.3 is 25.2 Å². The summed E-state index contributed by atoms with van der Waals surface area (Å²) in [5, 5.41) is 0. The molecule has 0 atom stereocenters. The Morgan fingerprint density at radius 2 is 1.69 bits per heavy atom. The third kappa shape index (κ3) is 3.91. The predicted octanol–water partition coefficient (Wildman–Crippen LogP) is 1.69. The van der Waals surface area contributed by atoms with Crippen molar-refractivity contribution < 1.29 is 36.5 Å². The van der Waals surface area contributed by atoms with Crippen LogP contribution >= 0.6 is 0 Å². The Morgan fingerprint density at radius 3 is 2.31 bits per heavy atom. The van der Waals surface area contributed by atoms with E-state index in [1.807, 2.05) is 0 Å². The van der Waals surface area contributed by atoms with Crippen molar-refractivity contribution in [3.8, 4) is 11.3 Å². The Labute approximate surface area is 146 Å². The van der Waals surface area contributed by atoms with Crippen molar-refractivity contribution in [2.24, 2.45) is 0 Å².